The Morgan fingerprint density at radius 1 is 1.04 bits per heavy atom. The van der Waals surface area contributed by atoms with Gasteiger partial charge in [-0.05, 0) is 30.2 Å². The molecule has 0 saturated carbocycles. The molecule has 1 aliphatic carbocycles. The van der Waals surface area contributed by atoms with Crippen molar-refractivity contribution in [3.63, 3.8) is 0 Å². The minimum Gasteiger partial charge on any atom is -0.387 e. The van der Waals surface area contributed by atoms with Crippen molar-refractivity contribution in [2.45, 2.75) is 25.8 Å². The molecule has 4 amide bonds. The van der Waals surface area contributed by atoms with Crippen LogP contribution < -0.4 is 27.2 Å². The first kappa shape index (κ1) is 41.6. The largest absolute Gasteiger partial charge is 0.387 e. The summed E-state index contributed by atoms with van der Waals surface area (Å²) in [7, 11) is 0. The van der Waals surface area contributed by atoms with E-state index in [0.717, 1.165) is 6.33 Å². The van der Waals surface area contributed by atoms with Gasteiger partial charge in [-0.1, -0.05) is 31.6 Å². The zero-order valence-electron chi connectivity index (χ0n) is 27.6. The van der Waals surface area contributed by atoms with Crippen LogP contribution in [0.15, 0.2) is 48.4 Å². The van der Waals surface area contributed by atoms with Crippen molar-refractivity contribution >= 4 is 76.6 Å². The number of allylic oxidation sites excluding steroid dienone is 2. The molecule has 23 heteroatoms. The van der Waals surface area contributed by atoms with E-state index in [-0.39, 0.29) is 82.9 Å². The Bertz CT molecular complexity index is 1870. The number of halogens is 3. The fourth-order valence-electron chi connectivity index (χ4n) is 5.94. The number of hydrogen-bond donors (Lipinski definition) is 11. The van der Waals surface area contributed by atoms with Gasteiger partial charge in [0.05, 0.1) is 0 Å². The van der Waals surface area contributed by atoms with Gasteiger partial charge in [-0.15, -0.1) is 40.7 Å². The zero-order chi connectivity index (χ0) is 37.7. The molecule has 52 heavy (non-hydrogen) atoms. The van der Waals surface area contributed by atoms with Gasteiger partial charge < -0.3 is 15.7 Å². The van der Waals surface area contributed by atoms with Crippen LogP contribution in [0.1, 0.15) is 52.6 Å². The molecule has 20 nitrogen and oxygen atoms in total. The highest BCUT2D eigenvalue weighted by Gasteiger charge is 2.51. The molecule has 3 aromatic heterocycles. The van der Waals surface area contributed by atoms with Crippen LogP contribution >= 0.6 is 35.6 Å². The number of rotatable bonds is 14. The van der Waals surface area contributed by atoms with E-state index in [2.05, 4.69) is 20.1 Å². The lowest BCUT2D eigenvalue weighted by atomic mass is 9.65. The molecule has 0 bridgehead atoms. The standard InChI is InChI=1S/C29H36Cl2N12O8.ClH/c1-28(2)6-7-29(41(11-8-30)12-9-31,26-35-14-42(37-26)27(47)43(51)19-4-3-18(36-19)24(45)39-49)20(15-5-10-34-21(15)25(46)40-50)17(28)13-16(22(32)33)23(44)38-48;/h3-7,10,14,16,34,36,48-51H,8-9,11-13H2,1-2H3,(H3,32,33)(H,38,44)(H,39,45)(H,40,46);1H. The minimum absolute atomic E-state index is 0. The lowest BCUT2D eigenvalue weighted by Crippen LogP contribution is -2.51. The van der Waals surface area contributed by atoms with Crippen molar-refractivity contribution in [1.82, 2.24) is 46.1 Å². The lowest BCUT2D eigenvalue weighted by molar-refractivity contribution is -0.131. The minimum atomic E-state index is -1.66. The van der Waals surface area contributed by atoms with Gasteiger partial charge in [0.25, 0.3) is 17.7 Å². The molecule has 3 heterocycles. The van der Waals surface area contributed by atoms with E-state index in [1.165, 1.54) is 35.4 Å². The second kappa shape index (κ2) is 17.1. The number of hydrogen-bond acceptors (Lipinski definition) is 12. The van der Waals surface area contributed by atoms with Crippen molar-refractivity contribution in [2.24, 2.45) is 17.1 Å². The van der Waals surface area contributed by atoms with Crippen molar-refractivity contribution in [3.05, 3.63) is 71.2 Å². The second-order valence-corrected chi connectivity index (χ2v) is 12.5. The Morgan fingerprint density at radius 3 is 2.27 bits per heavy atom. The number of aromatic nitrogens is 5. The van der Waals surface area contributed by atoms with E-state index in [4.69, 9.17) is 39.6 Å². The maximum absolute atomic E-state index is 13.5. The van der Waals surface area contributed by atoms with Crippen LogP contribution in [0.3, 0.4) is 0 Å². The van der Waals surface area contributed by atoms with Crippen molar-refractivity contribution in [1.29, 1.82) is 5.41 Å². The SMILES string of the molecule is CC1(C)C=CC(c2ncn(C(=O)N(O)c3ccc(C(=O)NO)[nH]3)n2)(N(CCCl)CCCl)C(c2cc[nH]c2C(=O)NO)=C1CC(C(=N)N)C(=O)NO.Cl. The molecule has 0 radical (unpaired) electrons. The lowest BCUT2D eigenvalue weighted by Gasteiger charge is -2.48. The molecule has 12 N–H and O–H groups in total. The Labute approximate surface area is 311 Å². The van der Waals surface area contributed by atoms with E-state index in [1.54, 1.807) is 36.4 Å². The first-order valence-corrected chi connectivity index (χ1v) is 16.1. The van der Waals surface area contributed by atoms with Crippen LogP contribution in [-0.4, -0.2) is 105 Å². The molecule has 0 saturated heterocycles. The van der Waals surface area contributed by atoms with E-state index in [1.807, 2.05) is 0 Å². The summed E-state index contributed by atoms with van der Waals surface area (Å²) in [6.45, 7) is 3.82. The number of hydroxylamine groups is 4. The average Bonchev–Trinajstić information content (AvgIpc) is 3.91. The third-order valence-electron chi connectivity index (χ3n) is 8.42. The quantitative estimate of drug-likeness (QED) is 0.0279. The van der Waals surface area contributed by atoms with Gasteiger partial charge in [0.1, 0.15) is 40.8 Å². The zero-order valence-corrected chi connectivity index (χ0v) is 29.9. The molecule has 2 atom stereocenters. The molecular formula is C29H37Cl3N12O8. The molecule has 1 aliphatic rings. The summed E-state index contributed by atoms with van der Waals surface area (Å²) in [6.07, 6.45) is 5.63. The predicted molar refractivity (Wildman–Crippen MR) is 187 cm³/mol. The molecular weight excluding hydrogens is 751 g/mol. The highest BCUT2D eigenvalue weighted by molar-refractivity contribution is 6.18. The summed E-state index contributed by atoms with van der Waals surface area (Å²) in [4.78, 5) is 62.7. The molecule has 3 aromatic rings. The smallest absolute Gasteiger partial charge is 0.376 e. The van der Waals surface area contributed by atoms with Gasteiger partial charge in [0, 0.05) is 42.0 Å². The highest BCUT2D eigenvalue weighted by atomic mass is 35.5. The van der Waals surface area contributed by atoms with Crippen molar-refractivity contribution in [2.75, 3.05) is 29.9 Å². The van der Waals surface area contributed by atoms with Crippen LogP contribution in [0.2, 0.25) is 0 Å². The summed E-state index contributed by atoms with van der Waals surface area (Å²) >= 11 is 12.6. The molecule has 0 aliphatic heterocycles. The van der Waals surface area contributed by atoms with Gasteiger partial charge in [-0.2, -0.15) is 9.75 Å². The van der Waals surface area contributed by atoms with Gasteiger partial charge in [0.15, 0.2) is 5.82 Å². The van der Waals surface area contributed by atoms with Gasteiger partial charge in [-0.3, -0.25) is 45.5 Å². The first-order valence-electron chi connectivity index (χ1n) is 15.0. The molecule has 0 fully saturated rings. The molecule has 2 unspecified atom stereocenters. The summed E-state index contributed by atoms with van der Waals surface area (Å²) in [6, 6.07) is 2.76. The second-order valence-electron chi connectivity index (χ2n) is 11.7. The van der Waals surface area contributed by atoms with E-state index in [0.29, 0.717) is 10.3 Å². The average molecular weight is 788 g/mol. The number of carbonyl (C=O) groups excluding carboxylic acids is 4. The molecule has 0 spiro atoms. The fraction of sp³-hybridized carbons (Fsp3) is 0.345. The van der Waals surface area contributed by atoms with Gasteiger partial charge >= 0.3 is 6.03 Å². The summed E-state index contributed by atoms with van der Waals surface area (Å²) in [5.74, 6) is -5.12. The Kier molecular flexibility index (Phi) is 13.7. The monoisotopic (exact) mass is 786 g/mol. The van der Waals surface area contributed by atoms with Crippen molar-refractivity contribution in [3.8, 4) is 0 Å². The van der Waals surface area contributed by atoms with Crippen LogP contribution in [0, 0.1) is 16.7 Å². The third-order valence-corrected chi connectivity index (χ3v) is 8.76. The van der Waals surface area contributed by atoms with Crippen LogP contribution in [0.4, 0.5) is 10.6 Å². The van der Waals surface area contributed by atoms with Crippen LogP contribution in [-0.2, 0) is 10.3 Å². The number of H-pyrrole nitrogens is 2. The van der Waals surface area contributed by atoms with E-state index in [9.17, 15) is 34.8 Å². The Balaban J connectivity index is 0.00000729. The van der Waals surface area contributed by atoms with Gasteiger partial charge in [-0.25, -0.2) is 26.2 Å². The van der Waals surface area contributed by atoms with Crippen LogP contribution in [0.25, 0.3) is 5.57 Å². The molecule has 4 rings (SSSR count). The number of nitrogens with one attached hydrogen (secondary N) is 6. The normalized spacial score (nSPS) is 16.9. The number of amidine groups is 1. The number of amides is 4. The third kappa shape index (κ3) is 7.83. The van der Waals surface area contributed by atoms with E-state index >= 15 is 0 Å². The molecule has 282 valence electrons. The first-order chi connectivity index (χ1) is 24.2. The number of carbonyl (C=O) groups is 4. The van der Waals surface area contributed by atoms with Crippen LogP contribution in [0.5, 0.6) is 0 Å². The maximum Gasteiger partial charge on any atom is 0.376 e. The number of nitrogens with zero attached hydrogens (tertiary/aromatic N) is 5. The van der Waals surface area contributed by atoms with Crippen molar-refractivity contribution < 1.29 is 40.0 Å². The summed E-state index contributed by atoms with van der Waals surface area (Å²) in [5.41, 5.74) is 8.33. The Morgan fingerprint density at radius 2 is 1.69 bits per heavy atom. The predicted octanol–water partition coefficient (Wildman–Crippen LogP) is 1.93. The number of anilines is 1. The van der Waals surface area contributed by atoms with Gasteiger partial charge in [0.2, 0.25) is 0 Å². The Hall–Kier alpha value is -4.80. The number of alkyl halides is 2. The van der Waals surface area contributed by atoms with E-state index < -0.39 is 46.5 Å². The highest BCUT2D eigenvalue weighted by Crippen LogP contribution is 2.53. The fourth-order valence-corrected chi connectivity index (χ4v) is 6.34. The summed E-state index contributed by atoms with van der Waals surface area (Å²) in [5, 5.41) is 51.7. The number of aromatic amines is 2. The molecule has 0 aromatic carbocycles. The maximum atomic E-state index is 13.5. The topological polar surface area (TPSA) is 304 Å². The number of nitrogens with two attached hydrogens (primary N) is 1. The summed E-state index contributed by atoms with van der Waals surface area (Å²) < 4.78 is 0.699.